The van der Waals surface area contributed by atoms with E-state index in [-0.39, 0.29) is 17.5 Å². The van der Waals surface area contributed by atoms with Crippen LogP contribution in [0.3, 0.4) is 0 Å². The second-order valence-corrected chi connectivity index (χ2v) is 9.46. The van der Waals surface area contributed by atoms with Crippen LogP contribution in [0.2, 0.25) is 5.02 Å². The Balaban J connectivity index is 1.41. The summed E-state index contributed by atoms with van der Waals surface area (Å²) in [5, 5.41) is 1.21. The van der Waals surface area contributed by atoms with Gasteiger partial charge >= 0.3 is 0 Å². The first-order chi connectivity index (χ1) is 15.4. The van der Waals surface area contributed by atoms with E-state index < -0.39 is 0 Å². The summed E-state index contributed by atoms with van der Waals surface area (Å²) >= 11 is 7.23. The van der Waals surface area contributed by atoms with Crippen molar-refractivity contribution in [3.63, 3.8) is 0 Å². The van der Waals surface area contributed by atoms with E-state index in [1.807, 2.05) is 31.2 Å². The van der Waals surface area contributed by atoms with E-state index >= 15 is 0 Å². The summed E-state index contributed by atoms with van der Waals surface area (Å²) in [6.45, 7) is 2.44. The van der Waals surface area contributed by atoms with E-state index in [0.717, 1.165) is 24.2 Å². The van der Waals surface area contributed by atoms with Gasteiger partial charge < -0.3 is 13.9 Å². The Hall–Kier alpha value is -2.97. The molecule has 1 aliphatic rings. The van der Waals surface area contributed by atoms with Crippen molar-refractivity contribution >= 4 is 39.1 Å². The first-order valence-corrected chi connectivity index (χ1v) is 11.6. The normalized spacial score (nSPS) is 16.2. The third kappa shape index (κ3) is 3.63. The van der Waals surface area contributed by atoms with E-state index in [2.05, 4.69) is 9.97 Å². The number of nitrogens with zero attached hydrogens (tertiary/aromatic N) is 4. The minimum atomic E-state index is -0.220. The molecule has 32 heavy (non-hydrogen) atoms. The van der Waals surface area contributed by atoms with Crippen molar-refractivity contribution in [3.8, 4) is 0 Å². The maximum absolute atomic E-state index is 13.5. The van der Waals surface area contributed by atoms with Gasteiger partial charge in [0.25, 0.3) is 11.5 Å². The van der Waals surface area contributed by atoms with Gasteiger partial charge in [0.2, 0.25) is 5.89 Å². The Morgan fingerprint density at radius 3 is 2.84 bits per heavy atom. The lowest BCUT2D eigenvalue weighted by Crippen LogP contribution is -2.30. The minimum Gasteiger partial charge on any atom is -0.443 e. The minimum absolute atomic E-state index is 0.104. The largest absolute Gasteiger partial charge is 0.443 e. The number of thiophene rings is 1. The molecule has 0 aliphatic carbocycles. The molecule has 1 saturated heterocycles. The Morgan fingerprint density at radius 2 is 2.06 bits per heavy atom. The van der Waals surface area contributed by atoms with Gasteiger partial charge in [0.1, 0.15) is 16.6 Å². The third-order valence-corrected chi connectivity index (χ3v) is 7.31. The van der Waals surface area contributed by atoms with Gasteiger partial charge in [-0.15, -0.1) is 11.3 Å². The lowest BCUT2D eigenvalue weighted by Gasteiger charge is -2.22. The van der Waals surface area contributed by atoms with Crippen LogP contribution in [0.1, 0.15) is 51.3 Å². The van der Waals surface area contributed by atoms with E-state index in [0.29, 0.717) is 44.5 Å². The molecule has 1 atom stereocenters. The average Bonchev–Trinajstić information content (AvgIpc) is 3.51. The van der Waals surface area contributed by atoms with Gasteiger partial charge in [-0.05, 0) is 43.0 Å². The van der Waals surface area contributed by atoms with Crippen LogP contribution in [0, 0.1) is 6.92 Å². The van der Waals surface area contributed by atoms with Crippen molar-refractivity contribution in [3.05, 3.63) is 79.8 Å². The van der Waals surface area contributed by atoms with E-state index in [9.17, 15) is 9.59 Å². The Labute approximate surface area is 193 Å². The molecule has 0 unspecified atom stereocenters. The SMILES string of the molecule is Cc1c(C(=O)N2CCC[C@H]2c2ncc(Cc3ccc(Cl)cc3)o2)sc2ncn(C)c(=O)c12. The van der Waals surface area contributed by atoms with Crippen LogP contribution >= 0.6 is 22.9 Å². The van der Waals surface area contributed by atoms with Crippen LogP contribution < -0.4 is 5.56 Å². The van der Waals surface area contributed by atoms with Crippen LogP contribution in [-0.2, 0) is 13.5 Å². The first kappa shape index (κ1) is 20.9. The number of carbonyl (C=O) groups excluding carboxylic acids is 1. The number of aryl methyl sites for hydroxylation is 2. The van der Waals surface area contributed by atoms with Gasteiger partial charge in [-0.1, -0.05) is 23.7 Å². The van der Waals surface area contributed by atoms with Crippen LogP contribution in [0.15, 0.2) is 46.0 Å². The molecule has 1 aliphatic heterocycles. The van der Waals surface area contributed by atoms with Gasteiger partial charge in [-0.3, -0.25) is 9.59 Å². The molecule has 0 radical (unpaired) electrons. The fourth-order valence-corrected chi connectivity index (χ4v) is 5.39. The highest BCUT2D eigenvalue weighted by Crippen LogP contribution is 2.36. The Bertz CT molecular complexity index is 1370. The van der Waals surface area contributed by atoms with Crippen molar-refractivity contribution < 1.29 is 9.21 Å². The molecule has 1 amide bonds. The highest BCUT2D eigenvalue weighted by molar-refractivity contribution is 7.20. The van der Waals surface area contributed by atoms with Crippen LogP contribution in [0.4, 0.5) is 0 Å². The number of fused-ring (bicyclic) bond motifs is 1. The molecule has 1 fully saturated rings. The van der Waals surface area contributed by atoms with Crippen LogP contribution in [-0.4, -0.2) is 31.9 Å². The summed E-state index contributed by atoms with van der Waals surface area (Å²) in [5.74, 6) is 1.19. The quantitative estimate of drug-likeness (QED) is 0.440. The summed E-state index contributed by atoms with van der Waals surface area (Å²) < 4.78 is 7.48. The third-order valence-electron chi connectivity index (χ3n) is 5.87. The zero-order valence-corrected chi connectivity index (χ0v) is 19.2. The number of hydrogen-bond donors (Lipinski definition) is 0. The molecular formula is C23H21ClN4O3S. The predicted molar refractivity (Wildman–Crippen MR) is 123 cm³/mol. The van der Waals surface area contributed by atoms with Crippen molar-refractivity contribution in [1.82, 2.24) is 19.4 Å². The van der Waals surface area contributed by atoms with Crippen molar-refractivity contribution in [2.45, 2.75) is 32.2 Å². The van der Waals surface area contributed by atoms with Crippen molar-refractivity contribution in [2.75, 3.05) is 6.54 Å². The van der Waals surface area contributed by atoms with Crippen molar-refractivity contribution in [1.29, 1.82) is 0 Å². The number of amides is 1. The molecule has 4 heterocycles. The molecule has 0 N–H and O–H groups in total. The summed E-state index contributed by atoms with van der Waals surface area (Å²) in [4.78, 5) is 37.8. The predicted octanol–water partition coefficient (Wildman–Crippen LogP) is 4.51. The number of hydrogen-bond acceptors (Lipinski definition) is 6. The maximum atomic E-state index is 13.5. The van der Waals surface area contributed by atoms with Gasteiger partial charge in [-0.2, -0.15) is 0 Å². The number of carbonyl (C=O) groups is 1. The lowest BCUT2D eigenvalue weighted by molar-refractivity contribution is 0.0719. The highest BCUT2D eigenvalue weighted by atomic mass is 35.5. The molecule has 1 aromatic carbocycles. The average molecular weight is 469 g/mol. The van der Waals surface area contributed by atoms with E-state index in [1.54, 1.807) is 18.1 Å². The summed E-state index contributed by atoms with van der Waals surface area (Å²) in [6.07, 6.45) is 5.48. The molecule has 164 valence electrons. The topological polar surface area (TPSA) is 81.2 Å². The Kier molecular flexibility index (Phi) is 5.35. The van der Waals surface area contributed by atoms with Crippen molar-refractivity contribution in [2.24, 2.45) is 7.05 Å². The van der Waals surface area contributed by atoms with E-state index in [1.165, 1.54) is 22.2 Å². The molecule has 9 heteroatoms. The monoisotopic (exact) mass is 468 g/mol. The highest BCUT2D eigenvalue weighted by Gasteiger charge is 2.35. The molecular weight excluding hydrogens is 448 g/mol. The number of benzene rings is 1. The molecule has 0 saturated carbocycles. The lowest BCUT2D eigenvalue weighted by atomic mass is 10.1. The summed E-state index contributed by atoms with van der Waals surface area (Å²) in [6, 6.07) is 7.39. The number of aromatic nitrogens is 3. The molecule has 7 nitrogen and oxygen atoms in total. The number of halogens is 1. The Morgan fingerprint density at radius 1 is 1.28 bits per heavy atom. The summed E-state index contributed by atoms with van der Waals surface area (Å²) in [7, 11) is 1.66. The van der Waals surface area contributed by atoms with E-state index in [4.69, 9.17) is 16.0 Å². The van der Waals surface area contributed by atoms with Gasteiger partial charge in [0, 0.05) is 25.0 Å². The number of oxazole rings is 1. The van der Waals surface area contributed by atoms with Gasteiger partial charge in [-0.25, -0.2) is 9.97 Å². The maximum Gasteiger partial charge on any atom is 0.264 e. The zero-order valence-electron chi connectivity index (χ0n) is 17.7. The standard InChI is InChI=1S/C23H21ClN4O3S/c1-13-18-21(26-12-27(2)22(18)29)32-19(13)23(30)28-9-3-4-17(28)20-25-11-16(31-20)10-14-5-7-15(24)8-6-14/h5-8,11-12,17H,3-4,9-10H2,1-2H3/t17-/m0/s1. The fraction of sp³-hybridized carbons (Fsp3) is 0.304. The molecule has 3 aromatic heterocycles. The van der Waals surface area contributed by atoms with Gasteiger partial charge in [0.05, 0.1) is 22.8 Å². The smallest absolute Gasteiger partial charge is 0.264 e. The molecule has 0 spiro atoms. The molecule has 0 bridgehead atoms. The van der Waals surface area contributed by atoms with Gasteiger partial charge in [0.15, 0.2) is 0 Å². The first-order valence-electron chi connectivity index (χ1n) is 10.4. The second kappa shape index (κ2) is 8.18. The second-order valence-electron chi connectivity index (χ2n) is 8.02. The van der Waals surface area contributed by atoms with Crippen LogP contribution in [0.25, 0.3) is 10.2 Å². The zero-order chi connectivity index (χ0) is 22.4. The molecule has 5 rings (SSSR count). The molecule has 4 aromatic rings. The number of rotatable bonds is 4. The fourth-order valence-electron chi connectivity index (χ4n) is 4.17. The number of likely N-dealkylation sites (tertiary alicyclic amines) is 1. The van der Waals surface area contributed by atoms with Crippen LogP contribution in [0.5, 0.6) is 0 Å². The summed E-state index contributed by atoms with van der Waals surface area (Å²) in [5.41, 5.74) is 1.62.